The Morgan fingerprint density at radius 1 is 1.24 bits per heavy atom. The van der Waals surface area contributed by atoms with Crippen LogP contribution in [0.1, 0.15) is 5.56 Å². The first-order chi connectivity index (χ1) is 10.00. The number of benzene rings is 1. The van der Waals surface area contributed by atoms with Crippen molar-refractivity contribution >= 4 is 27.0 Å². The van der Waals surface area contributed by atoms with Gasteiger partial charge < -0.3 is 15.2 Å². The zero-order valence-electron chi connectivity index (χ0n) is 11.6. The highest BCUT2D eigenvalue weighted by Gasteiger charge is 2.19. The molecule has 1 aromatic heterocycles. The number of nitrogens with one attached hydrogen (secondary N) is 1. The van der Waals surface area contributed by atoms with Gasteiger partial charge in [0, 0.05) is 12.6 Å². The van der Waals surface area contributed by atoms with Crippen LogP contribution in [0.15, 0.2) is 33.9 Å². The SMILES string of the molecule is COc1ccc(NS(=O)(=O)c2cc(CN)cs2)c(OC)c1. The Labute approximate surface area is 127 Å². The van der Waals surface area contributed by atoms with Gasteiger partial charge in [-0.05, 0) is 29.1 Å². The van der Waals surface area contributed by atoms with E-state index in [4.69, 9.17) is 15.2 Å². The number of methoxy groups -OCH3 is 2. The number of hydrogen-bond acceptors (Lipinski definition) is 6. The van der Waals surface area contributed by atoms with Gasteiger partial charge in [0.1, 0.15) is 15.7 Å². The summed E-state index contributed by atoms with van der Waals surface area (Å²) in [6.45, 7) is 0.303. The molecule has 0 aliphatic rings. The van der Waals surface area contributed by atoms with Crippen molar-refractivity contribution < 1.29 is 17.9 Å². The van der Waals surface area contributed by atoms with Gasteiger partial charge in [-0.15, -0.1) is 11.3 Å². The molecule has 3 N–H and O–H groups in total. The molecular formula is C13H16N2O4S2. The molecule has 0 unspecified atom stereocenters. The highest BCUT2D eigenvalue weighted by atomic mass is 32.2. The molecule has 0 amide bonds. The predicted molar refractivity (Wildman–Crippen MR) is 82.6 cm³/mol. The summed E-state index contributed by atoms with van der Waals surface area (Å²) < 4.78 is 37.6. The molecule has 0 saturated carbocycles. The number of thiophene rings is 1. The Bertz CT molecular complexity index is 726. The second-order valence-corrected chi connectivity index (χ2v) is 6.97. The van der Waals surface area contributed by atoms with Crippen LogP contribution >= 0.6 is 11.3 Å². The number of ether oxygens (including phenoxy) is 2. The third kappa shape index (κ3) is 3.46. The second kappa shape index (κ2) is 6.33. The van der Waals surface area contributed by atoms with Crippen LogP contribution in [0.5, 0.6) is 11.5 Å². The molecule has 8 heteroatoms. The first-order valence-corrected chi connectivity index (χ1v) is 8.38. The van der Waals surface area contributed by atoms with Gasteiger partial charge in [0.05, 0.1) is 19.9 Å². The van der Waals surface area contributed by atoms with Crippen LogP contribution in [-0.4, -0.2) is 22.6 Å². The van der Waals surface area contributed by atoms with E-state index in [0.29, 0.717) is 23.7 Å². The topological polar surface area (TPSA) is 90.7 Å². The third-order valence-corrected chi connectivity index (χ3v) is 5.64. The lowest BCUT2D eigenvalue weighted by atomic mass is 10.3. The van der Waals surface area contributed by atoms with Crippen molar-refractivity contribution in [3.8, 4) is 11.5 Å². The summed E-state index contributed by atoms with van der Waals surface area (Å²) >= 11 is 1.13. The molecule has 1 aromatic carbocycles. The van der Waals surface area contributed by atoms with Crippen LogP contribution < -0.4 is 19.9 Å². The van der Waals surface area contributed by atoms with Crippen LogP contribution in [0.2, 0.25) is 0 Å². The summed E-state index contributed by atoms with van der Waals surface area (Å²) in [7, 11) is -0.674. The first kappa shape index (κ1) is 15.6. The first-order valence-electron chi connectivity index (χ1n) is 6.02. The fourth-order valence-electron chi connectivity index (χ4n) is 1.68. The minimum absolute atomic E-state index is 0.209. The van der Waals surface area contributed by atoms with E-state index >= 15 is 0 Å². The van der Waals surface area contributed by atoms with E-state index in [-0.39, 0.29) is 4.21 Å². The van der Waals surface area contributed by atoms with Crippen molar-refractivity contribution in [3.05, 3.63) is 35.2 Å². The Hall–Kier alpha value is -1.77. The number of rotatable bonds is 6. The average molecular weight is 328 g/mol. The van der Waals surface area contributed by atoms with Crippen LogP contribution in [0.4, 0.5) is 5.69 Å². The van der Waals surface area contributed by atoms with Crippen molar-refractivity contribution in [2.24, 2.45) is 5.73 Å². The molecule has 2 rings (SSSR count). The molecule has 2 aromatic rings. The maximum absolute atomic E-state index is 12.3. The van der Waals surface area contributed by atoms with Gasteiger partial charge in [-0.25, -0.2) is 8.42 Å². The van der Waals surface area contributed by atoms with Crippen molar-refractivity contribution in [3.63, 3.8) is 0 Å². The van der Waals surface area contributed by atoms with E-state index in [1.165, 1.54) is 14.2 Å². The van der Waals surface area contributed by atoms with Crippen LogP contribution in [0, 0.1) is 0 Å². The van der Waals surface area contributed by atoms with E-state index in [9.17, 15) is 8.42 Å². The molecule has 6 nitrogen and oxygen atoms in total. The summed E-state index contributed by atoms with van der Waals surface area (Å²) in [5, 5.41) is 1.72. The molecule has 0 aliphatic carbocycles. The second-order valence-electron chi connectivity index (χ2n) is 4.15. The normalized spacial score (nSPS) is 11.2. The van der Waals surface area contributed by atoms with Crippen LogP contribution in [0.25, 0.3) is 0 Å². The van der Waals surface area contributed by atoms with Crippen molar-refractivity contribution in [1.82, 2.24) is 0 Å². The molecule has 0 fully saturated rings. The van der Waals surface area contributed by atoms with Gasteiger partial charge in [0.25, 0.3) is 10.0 Å². The number of sulfonamides is 1. The van der Waals surface area contributed by atoms with Crippen LogP contribution in [0.3, 0.4) is 0 Å². The third-order valence-electron chi connectivity index (χ3n) is 2.78. The van der Waals surface area contributed by atoms with Gasteiger partial charge in [0.2, 0.25) is 0 Å². The molecule has 0 saturated heterocycles. The van der Waals surface area contributed by atoms with Gasteiger partial charge >= 0.3 is 0 Å². The largest absolute Gasteiger partial charge is 0.497 e. The molecule has 21 heavy (non-hydrogen) atoms. The minimum Gasteiger partial charge on any atom is -0.497 e. The van der Waals surface area contributed by atoms with E-state index in [1.807, 2.05) is 0 Å². The molecule has 114 valence electrons. The summed E-state index contributed by atoms with van der Waals surface area (Å²) in [6, 6.07) is 6.41. The predicted octanol–water partition coefficient (Wildman–Crippen LogP) is 2.02. The number of hydrogen-bond donors (Lipinski definition) is 2. The number of anilines is 1. The molecule has 0 radical (unpaired) electrons. The molecule has 0 bridgehead atoms. The van der Waals surface area contributed by atoms with E-state index in [0.717, 1.165) is 16.9 Å². The maximum Gasteiger partial charge on any atom is 0.271 e. The fraction of sp³-hybridized carbons (Fsp3) is 0.231. The highest BCUT2D eigenvalue weighted by Crippen LogP contribution is 2.31. The smallest absolute Gasteiger partial charge is 0.271 e. The zero-order chi connectivity index (χ0) is 15.5. The minimum atomic E-state index is -3.66. The van der Waals surface area contributed by atoms with Gasteiger partial charge in [0.15, 0.2) is 0 Å². The lowest BCUT2D eigenvalue weighted by Crippen LogP contribution is -2.12. The Kier molecular flexibility index (Phi) is 4.71. The number of nitrogens with two attached hydrogens (primary N) is 1. The summed E-state index contributed by atoms with van der Waals surface area (Å²) in [6.07, 6.45) is 0. The standard InChI is InChI=1S/C13H16N2O4S2/c1-18-10-3-4-11(12(6-10)19-2)15-21(16,17)13-5-9(7-14)8-20-13/h3-6,8,15H,7,14H2,1-2H3. The van der Waals surface area contributed by atoms with E-state index in [1.54, 1.807) is 29.6 Å². The van der Waals surface area contributed by atoms with Crippen molar-refractivity contribution in [2.45, 2.75) is 10.8 Å². The summed E-state index contributed by atoms with van der Waals surface area (Å²) in [4.78, 5) is 0. The molecule has 1 heterocycles. The highest BCUT2D eigenvalue weighted by molar-refractivity contribution is 7.94. The molecule has 0 aliphatic heterocycles. The molecule has 0 atom stereocenters. The van der Waals surface area contributed by atoms with Crippen LogP contribution in [-0.2, 0) is 16.6 Å². The summed E-state index contributed by atoms with van der Waals surface area (Å²) in [5.74, 6) is 0.963. The lowest BCUT2D eigenvalue weighted by Gasteiger charge is -2.12. The zero-order valence-corrected chi connectivity index (χ0v) is 13.3. The van der Waals surface area contributed by atoms with Crippen molar-refractivity contribution in [2.75, 3.05) is 18.9 Å². The molecule has 0 spiro atoms. The Balaban J connectivity index is 2.32. The van der Waals surface area contributed by atoms with Gasteiger partial charge in [-0.2, -0.15) is 0 Å². The summed E-state index contributed by atoms with van der Waals surface area (Å²) in [5.41, 5.74) is 6.62. The monoisotopic (exact) mass is 328 g/mol. The van der Waals surface area contributed by atoms with E-state index < -0.39 is 10.0 Å². The lowest BCUT2D eigenvalue weighted by molar-refractivity contribution is 0.395. The van der Waals surface area contributed by atoms with E-state index in [2.05, 4.69) is 4.72 Å². The quantitative estimate of drug-likeness (QED) is 0.846. The van der Waals surface area contributed by atoms with Gasteiger partial charge in [-0.3, -0.25) is 4.72 Å². The fourth-order valence-corrected chi connectivity index (χ4v) is 3.97. The molecular weight excluding hydrogens is 312 g/mol. The Morgan fingerprint density at radius 2 is 2.00 bits per heavy atom. The average Bonchev–Trinajstić information content (AvgIpc) is 2.97. The maximum atomic E-state index is 12.3. The Morgan fingerprint density at radius 3 is 2.57 bits per heavy atom. The van der Waals surface area contributed by atoms with Gasteiger partial charge in [-0.1, -0.05) is 0 Å². The van der Waals surface area contributed by atoms with Crippen molar-refractivity contribution in [1.29, 1.82) is 0 Å².